The molecule has 2 rings (SSSR count). The molecule has 2 fully saturated rings. The van der Waals surface area contributed by atoms with Crippen LogP contribution >= 0.6 is 0 Å². The number of amides is 1. The van der Waals surface area contributed by atoms with Crippen LogP contribution in [0.2, 0.25) is 0 Å². The Morgan fingerprint density at radius 1 is 1.50 bits per heavy atom. The van der Waals surface area contributed by atoms with Crippen molar-refractivity contribution in [1.82, 2.24) is 10.2 Å². The molecule has 92 valence electrons. The lowest BCUT2D eigenvalue weighted by Gasteiger charge is -2.34. The maximum absolute atomic E-state index is 12.4. The minimum absolute atomic E-state index is 0.153. The van der Waals surface area contributed by atoms with E-state index >= 15 is 0 Å². The van der Waals surface area contributed by atoms with Gasteiger partial charge in [0, 0.05) is 19.3 Å². The molecule has 0 radical (unpaired) electrons. The van der Waals surface area contributed by atoms with Gasteiger partial charge in [-0.25, -0.2) is 0 Å². The molecular formula is C12H22N2O2. The summed E-state index contributed by atoms with van der Waals surface area (Å²) in [5.74, 6) is 0.259. The largest absolute Gasteiger partial charge is 0.381 e. The number of ether oxygens (including phenoxy) is 1. The van der Waals surface area contributed by atoms with Gasteiger partial charge in [0.2, 0.25) is 5.91 Å². The lowest BCUT2D eigenvalue weighted by atomic mass is 9.98. The highest BCUT2D eigenvalue weighted by molar-refractivity contribution is 5.88. The number of hydrogen-bond acceptors (Lipinski definition) is 3. The minimum atomic E-state index is -0.363. The quantitative estimate of drug-likeness (QED) is 0.767. The van der Waals surface area contributed by atoms with Crippen LogP contribution < -0.4 is 5.32 Å². The predicted octanol–water partition coefficient (Wildman–Crippen LogP) is 1.11. The van der Waals surface area contributed by atoms with Crippen LogP contribution in [0.4, 0.5) is 0 Å². The zero-order valence-electron chi connectivity index (χ0n) is 10.5. The number of nitrogens with zero attached hydrogens (tertiary/aromatic N) is 1. The maximum atomic E-state index is 12.4. The Labute approximate surface area is 97.3 Å². The third-order valence-corrected chi connectivity index (χ3v) is 3.94. The lowest BCUT2D eigenvalue weighted by molar-refractivity contribution is -0.136. The van der Waals surface area contributed by atoms with E-state index in [2.05, 4.69) is 19.2 Å². The van der Waals surface area contributed by atoms with Crippen LogP contribution in [0.5, 0.6) is 0 Å². The molecule has 4 heteroatoms. The van der Waals surface area contributed by atoms with Gasteiger partial charge in [-0.15, -0.1) is 0 Å². The first-order valence-electron chi connectivity index (χ1n) is 6.26. The summed E-state index contributed by atoms with van der Waals surface area (Å²) in [6, 6.07) is 0.358. The van der Waals surface area contributed by atoms with Crippen LogP contribution in [0, 0.1) is 0 Å². The van der Waals surface area contributed by atoms with E-state index in [0.717, 1.165) is 32.5 Å². The van der Waals surface area contributed by atoms with Crippen molar-refractivity contribution in [2.45, 2.75) is 57.8 Å². The first-order chi connectivity index (χ1) is 7.58. The third kappa shape index (κ3) is 1.84. The van der Waals surface area contributed by atoms with Crippen LogP contribution in [-0.2, 0) is 9.53 Å². The Kier molecular flexibility index (Phi) is 3.22. The molecule has 0 aromatic heterocycles. The van der Waals surface area contributed by atoms with Gasteiger partial charge in [0.25, 0.3) is 0 Å². The maximum Gasteiger partial charge on any atom is 0.244 e. The van der Waals surface area contributed by atoms with Gasteiger partial charge in [-0.2, -0.15) is 0 Å². The highest BCUT2D eigenvalue weighted by atomic mass is 16.5. The molecular weight excluding hydrogens is 204 g/mol. The summed E-state index contributed by atoms with van der Waals surface area (Å²) in [6.07, 6.45) is 2.94. The summed E-state index contributed by atoms with van der Waals surface area (Å²) >= 11 is 0. The van der Waals surface area contributed by atoms with Gasteiger partial charge in [-0.05, 0) is 33.1 Å². The van der Waals surface area contributed by atoms with E-state index in [9.17, 15) is 4.79 Å². The fraction of sp³-hybridized carbons (Fsp3) is 0.917. The van der Waals surface area contributed by atoms with Gasteiger partial charge < -0.3 is 9.64 Å². The molecule has 0 spiro atoms. The molecule has 2 unspecified atom stereocenters. The van der Waals surface area contributed by atoms with Crippen LogP contribution in [0.25, 0.3) is 0 Å². The van der Waals surface area contributed by atoms with E-state index < -0.39 is 0 Å². The Hall–Kier alpha value is -0.610. The molecule has 2 atom stereocenters. The number of hydrogen-bond donors (Lipinski definition) is 1. The van der Waals surface area contributed by atoms with Gasteiger partial charge in [0.1, 0.15) is 0 Å². The molecule has 2 heterocycles. The van der Waals surface area contributed by atoms with Crippen LogP contribution in [0.3, 0.4) is 0 Å². The minimum Gasteiger partial charge on any atom is -0.381 e. The van der Waals surface area contributed by atoms with Gasteiger partial charge >= 0.3 is 0 Å². The standard InChI is InChI=1S/C12H22N2O2/c1-4-12(3)11(15)14(9(2)13-12)10-5-7-16-8-6-10/h9-10,13H,4-8H2,1-3H3. The second-order valence-corrected chi connectivity index (χ2v) is 5.06. The first-order valence-corrected chi connectivity index (χ1v) is 6.26. The van der Waals surface area contributed by atoms with Crippen molar-refractivity contribution in [1.29, 1.82) is 0 Å². The van der Waals surface area contributed by atoms with E-state index in [4.69, 9.17) is 4.74 Å². The number of rotatable bonds is 2. The highest BCUT2D eigenvalue weighted by Gasteiger charge is 2.47. The molecule has 0 aromatic rings. The molecule has 2 aliphatic heterocycles. The van der Waals surface area contributed by atoms with Crippen molar-refractivity contribution >= 4 is 5.91 Å². The average Bonchev–Trinajstić information content (AvgIpc) is 2.52. The monoisotopic (exact) mass is 226 g/mol. The Morgan fingerprint density at radius 3 is 2.62 bits per heavy atom. The van der Waals surface area contributed by atoms with Gasteiger partial charge in [-0.3, -0.25) is 10.1 Å². The van der Waals surface area contributed by atoms with Gasteiger partial charge in [-0.1, -0.05) is 6.92 Å². The van der Waals surface area contributed by atoms with Gasteiger partial charge in [0.15, 0.2) is 0 Å². The van der Waals surface area contributed by atoms with Crippen molar-refractivity contribution in [3.8, 4) is 0 Å². The first kappa shape index (κ1) is 11.9. The van der Waals surface area contributed by atoms with Crippen LogP contribution in [0.1, 0.15) is 40.0 Å². The Balaban J connectivity index is 2.12. The topological polar surface area (TPSA) is 41.6 Å². The zero-order valence-corrected chi connectivity index (χ0v) is 10.5. The average molecular weight is 226 g/mol. The Bertz CT molecular complexity index is 276. The molecule has 1 amide bonds. The normalized spacial score (nSPS) is 37.1. The zero-order chi connectivity index (χ0) is 11.8. The summed E-state index contributed by atoms with van der Waals surface area (Å²) in [5.41, 5.74) is -0.363. The number of carbonyl (C=O) groups is 1. The summed E-state index contributed by atoms with van der Waals surface area (Å²) < 4.78 is 5.35. The van der Waals surface area contributed by atoms with E-state index in [1.54, 1.807) is 0 Å². The van der Waals surface area contributed by atoms with Crippen molar-refractivity contribution in [2.75, 3.05) is 13.2 Å². The number of nitrogens with one attached hydrogen (secondary N) is 1. The Morgan fingerprint density at radius 2 is 2.12 bits per heavy atom. The second-order valence-electron chi connectivity index (χ2n) is 5.06. The second kappa shape index (κ2) is 4.34. The van der Waals surface area contributed by atoms with Gasteiger partial charge in [0.05, 0.1) is 11.7 Å². The van der Waals surface area contributed by atoms with Crippen molar-refractivity contribution in [2.24, 2.45) is 0 Å². The summed E-state index contributed by atoms with van der Waals surface area (Å²) in [7, 11) is 0. The summed E-state index contributed by atoms with van der Waals surface area (Å²) in [4.78, 5) is 14.4. The van der Waals surface area contributed by atoms with E-state index in [1.807, 2.05) is 11.8 Å². The van der Waals surface area contributed by atoms with Crippen molar-refractivity contribution < 1.29 is 9.53 Å². The SMILES string of the molecule is CCC1(C)NC(C)N(C2CCOCC2)C1=O. The van der Waals surface area contributed by atoms with E-state index in [-0.39, 0.29) is 17.6 Å². The number of carbonyl (C=O) groups excluding carboxylic acids is 1. The molecule has 16 heavy (non-hydrogen) atoms. The molecule has 0 aromatic carbocycles. The molecule has 0 saturated carbocycles. The summed E-state index contributed by atoms with van der Waals surface area (Å²) in [5, 5.41) is 3.41. The fourth-order valence-electron chi connectivity index (χ4n) is 2.75. The molecule has 2 aliphatic rings. The molecule has 4 nitrogen and oxygen atoms in total. The van der Waals surface area contributed by atoms with E-state index in [0.29, 0.717) is 6.04 Å². The fourth-order valence-corrected chi connectivity index (χ4v) is 2.75. The van der Waals surface area contributed by atoms with Crippen LogP contribution in [-0.4, -0.2) is 41.8 Å². The molecule has 1 N–H and O–H groups in total. The lowest BCUT2D eigenvalue weighted by Crippen LogP contribution is -2.46. The van der Waals surface area contributed by atoms with Crippen molar-refractivity contribution in [3.63, 3.8) is 0 Å². The van der Waals surface area contributed by atoms with Crippen molar-refractivity contribution in [3.05, 3.63) is 0 Å². The van der Waals surface area contributed by atoms with Crippen LogP contribution in [0.15, 0.2) is 0 Å². The van der Waals surface area contributed by atoms with E-state index in [1.165, 1.54) is 0 Å². The summed E-state index contributed by atoms with van der Waals surface area (Å²) in [6.45, 7) is 7.71. The molecule has 2 saturated heterocycles. The molecule has 0 bridgehead atoms. The highest BCUT2D eigenvalue weighted by Crippen LogP contribution is 2.28. The molecule has 0 aliphatic carbocycles. The predicted molar refractivity (Wildman–Crippen MR) is 62.0 cm³/mol. The third-order valence-electron chi connectivity index (χ3n) is 3.94. The smallest absolute Gasteiger partial charge is 0.244 e.